The topological polar surface area (TPSA) is 71.1 Å². The van der Waals surface area contributed by atoms with Gasteiger partial charge < -0.3 is 10.1 Å². The van der Waals surface area contributed by atoms with Crippen LogP contribution >= 0.6 is 11.3 Å². The molecule has 2 amide bonds. The molecule has 0 saturated heterocycles. The van der Waals surface area contributed by atoms with E-state index >= 15 is 0 Å². The molecule has 0 aliphatic carbocycles. The lowest BCUT2D eigenvalue weighted by atomic mass is 10.1. The molecule has 0 aromatic carbocycles. The molecular weight excluding hydrogens is 342 g/mol. The van der Waals surface area contributed by atoms with Gasteiger partial charge in [0.25, 0.3) is 5.91 Å². The van der Waals surface area contributed by atoms with Crippen LogP contribution in [0.5, 0.6) is 0 Å². The summed E-state index contributed by atoms with van der Waals surface area (Å²) in [5.41, 5.74) is 0.744. The van der Waals surface area contributed by atoms with E-state index in [0.717, 1.165) is 26.1 Å². The maximum Gasteiger partial charge on any atom is 0.407 e. The lowest BCUT2D eigenvalue weighted by Gasteiger charge is -2.27. The van der Waals surface area contributed by atoms with Crippen LogP contribution in [0.2, 0.25) is 0 Å². The molecule has 1 aliphatic rings. The van der Waals surface area contributed by atoms with Crippen molar-refractivity contribution in [2.75, 3.05) is 33.8 Å². The first kappa shape index (κ1) is 19.7. The molecule has 0 unspecified atom stereocenters. The Morgan fingerprint density at radius 2 is 2.12 bits per heavy atom. The SMILES string of the molecule is CON(C)C(=O)c1cc2c(s1)CN(CCNC(=O)OC(C)(C)C)CC2. The van der Waals surface area contributed by atoms with Crippen LogP contribution in [0.4, 0.5) is 4.79 Å². The number of thiophene rings is 1. The van der Waals surface area contributed by atoms with Gasteiger partial charge in [-0.15, -0.1) is 11.3 Å². The van der Waals surface area contributed by atoms with E-state index in [4.69, 9.17) is 9.57 Å². The zero-order valence-corrected chi connectivity index (χ0v) is 16.4. The van der Waals surface area contributed by atoms with Gasteiger partial charge in [0.1, 0.15) is 5.60 Å². The van der Waals surface area contributed by atoms with Gasteiger partial charge in [-0.3, -0.25) is 14.5 Å². The third-order valence-electron chi connectivity index (χ3n) is 3.83. The van der Waals surface area contributed by atoms with Crippen LogP contribution in [0.15, 0.2) is 6.07 Å². The van der Waals surface area contributed by atoms with Crippen molar-refractivity contribution >= 4 is 23.3 Å². The first-order valence-corrected chi connectivity index (χ1v) is 9.14. The van der Waals surface area contributed by atoms with Crippen molar-refractivity contribution in [1.29, 1.82) is 0 Å². The van der Waals surface area contributed by atoms with Gasteiger partial charge in [-0.2, -0.15) is 0 Å². The Balaban J connectivity index is 1.84. The largest absolute Gasteiger partial charge is 0.444 e. The maximum absolute atomic E-state index is 12.2. The fourth-order valence-electron chi connectivity index (χ4n) is 2.54. The van der Waals surface area contributed by atoms with Gasteiger partial charge in [0, 0.05) is 38.1 Å². The molecule has 25 heavy (non-hydrogen) atoms. The van der Waals surface area contributed by atoms with Crippen molar-refractivity contribution in [3.05, 3.63) is 21.4 Å². The normalized spacial score (nSPS) is 14.8. The highest BCUT2D eigenvalue weighted by atomic mass is 32.1. The fourth-order valence-corrected chi connectivity index (χ4v) is 3.76. The van der Waals surface area contributed by atoms with E-state index in [2.05, 4.69) is 10.2 Å². The number of fused-ring (bicyclic) bond motifs is 1. The average Bonchev–Trinajstić information content (AvgIpc) is 2.94. The Kier molecular flexibility index (Phi) is 6.42. The van der Waals surface area contributed by atoms with Gasteiger partial charge in [0.2, 0.25) is 0 Å². The van der Waals surface area contributed by atoms with Crippen LogP contribution in [0, 0.1) is 0 Å². The Morgan fingerprint density at radius 1 is 1.40 bits per heavy atom. The van der Waals surface area contributed by atoms with Crippen LogP contribution in [-0.2, 0) is 22.5 Å². The van der Waals surface area contributed by atoms with Gasteiger partial charge >= 0.3 is 6.09 Å². The van der Waals surface area contributed by atoms with E-state index in [1.165, 1.54) is 34.0 Å². The summed E-state index contributed by atoms with van der Waals surface area (Å²) in [5.74, 6) is -0.125. The van der Waals surface area contributed by atoms with E-state index in [9.17, 15) is 9.59 Å². The minimum absolute atomic E-state index is 0.125. The molecule has 0 saturated carbocycles. The molecule has 1 aliphatic heterocycles. The zero-order chi connectivity index (χ0) is 18.6. The summed E-state index contributed by atoms with van der Waals surface area (Å²) in [6.45, 7) is 8.51. The highest BCUT2D eigenvalue weighted by Crippen LogP contribution is 2.28. The highest BCUT2D eigenvalue weighted by Gasteiger charge is 2.23. The number of amides is 2. The van der Waals surface area contributed by atoms with Crippen molar-refractivity contribution in [3.63, 3.8) is 0 Å². The van der Waals surface area contributed by atoms with Crippen LogP contribution in [-0.4, -0.2) is 61.4 Å². The summed E-state index contributed by atoms with van der Waals surface area (Å²) in [6.07, 6.45) is 0.513. The number of rotatable bonds is 5. The number of ether oxygens (including phenoxy) is 1. The number of hydrogen-bond donors (Lipinski definition) is 1. The van der Waals surface area contributed by atoms with E-state index < -0.39 is 11.7 Å². The Hall–Kier alpha value is -1.64. The number of carbonyl (C=O) groups excluding carboxylic acids is 2. The molecule has 0 spiro atoms. The van der Waals surface area contributed by atoms with E-state index in [1.54, 1.807) is 7.05 Å². The summed E-state index contributed by atoms with van der Waals surface area (Å²) >= 11 is 1.51. The maximum atomic E-state index is 12.2. The van der Waals surface area contributed by atoms with Crippen LogP contribution in [0.25, 0.3) is 0 Å². The molecule has 1 N–H and O–H groups in total. The van der Waals surface area contributed by atoms with Gasteiger partial charge in [-0.1, -0.05) is 0 Å². The Bertz CT molecular complexity index is 624. The second-order valence-corrected chi connectivity index (χ2v) is 8.14. The highest BCUT2D eigenvalue weighted by molar-refractivity contribution is 7.14. The molecule has 1 aromatic rings. The number of hydrogen-bond acceptors (Lipinski definition) is 6. The molecule has 2 heterocycles. The monoisotopic (exact) mass is 369 g/mol. The van der Waals surface area contributed by atoms with Gasteiger partial charge in [0.15, 0.2) is 0 Å². The first-order chi connectivity index (χ1) is 11.7. The molecule has 0 atom stereocenters. The van der Waals surface area contributed by atoms with E-state index in [-0.39, 0.29) is 5.91 Å². The van der Waals surface area contributed by atoms with Gasteiger partial charge in [-0.05, 0) is 38.8 Å². The minimum atomic E-state index is -0.487. The summed E-state index contributed by atoms with van der Waals surface area (Å²) < 4.78 is 5.23. The van der Waals surface area contributed by atoms with E-state index in [0.29, 0.717) is 11.4 Å². The number of nitrogens with one attached hydrogen (secondary N) is 1. The van der Waals surface area contributed by atoms with E-state index in [1.807, 2.05) is 26.8 Å². The van der Waals surface area contributed by atoms with Gasteiger partial charge in [-0.25, -0.2) is 9.86 Å². The third-order valence-corrected chi connectivity index (χ3v) is 4.98. The molecule has 0 fully saturated rings. The molecule has 1 aromatic heterocycles. The van der Waals surface area contributed by atoms with Gasteiger partial charge in [0.05, 0.1) is 12.0 Å². The predicted molar refractivity (Wildman–Crippen MR) is 96.6 cm³/mol. The smallest absolute Gasteiger partial charge is 0.407 e. The minimum Gasteiger partial charge on any atom is -0.444 e. The molecule has 0 radical (unpaired) electrons. The van der Waals surface area contributed by atoms with Crippen LogP contribution in [0.1, 0.15) is 40.9 Å². The molecule has 8 heteroatoms. The predicted octanol–water partition coefficient (Wildman–Crippen LogP) is 2.26. The zero-order valence-electron chi connectivity index (χ0n) is 15.5. The standard InChI is InChI=1S/C17H27N3O4S/c1-17(2,3)24-16(22)18-7-9-20-8-6-12-10-13(25-14(12)11-20)15(21)19(4)23-5/h10H,6-9,11H2,1-5H3,(H,18,22). The summed E-state index contributed by atoms with van der Waals surface area (Å²) in [5, 5.41) is 4.02. The van der Waals surface area contributed by atoms with Crippen molar-refractivity contribution in [2.45, 2.75) is 39.3 Å². The number of nitrogens with zero attached hydrogens (tertiary/aromatic N) is 2. The Labute approximate surface area is 152 Å². The molecular formula is C17H27N3O4S. The quantitative estimate of drug-likeness (QED) is 0.806. The van der Waals surface area contributed by atoms with Crippen LogP contribution < -0.4 is 5.32 Å². The second kappa shape index (κ2) is 8.16. The third kappa shape index (κ3) is 5.69. The lowest BCUT2D eigenvalue weighted by Crippen LogP contribution is -2.39. The molecule has 7 nitrogen and oxygen atoms in total. The average molecular weight is 369 g/mol. The first-order valence-electron chi connectivity index (χ1n) is 8.32. The number of alkyl carbamates (subject to hydrolysis) is 1. The molecule has 2 rings (SSSR count). The fraction of sp³-hybridized carbons (Fsp3) is 0.647. The number of carbonyl (C=O) groups is 2. The molecule has 140 valence electrons. The van der Waals surface area contributed by atoms with Crippen molar-refractivity contribution in [1.82, 2.24) is 15.3 Å². The lowest BCUT2D eigenvalue weighted by molar-refractivity contribution is -0.0753. The second-order valence-electron chi connectivity index (χ2n) is 7.00. The van der Waals surface area contributed by atoms with Crippen LogP contribution in [0.3, 0.4) is 0 Å². The summed E-state index contributed by atoms with van der Waals surface area (Å²) in [6, 6.07) is 1.97. The number of hydroxylamine groups is 2. The van der Waals surface area contributed by atoms with Crippen molar-refractivity contribution < 1.29 is 19.2 Å². The summed E-state index contributed by atoms with van der Waals surface area (Å²) in [4.78, 5) is 33.0. The van der Waals surface area contributed by atoms with Crippen molar-refractivity contribution in [3.8, 4) is 0 Å². The van der Waals surface area contributed by atoms with Crippen molar-refractivity contribution in [2.24, 2.45) is 0 Å². The molecule has 0 bridgehead atoms. The Morgan fingerprint density at radius 3 is 2.76 bits per heavy atom. The summed E-state index contributed by atoms with van der Waals surface area (Å²) in [7, 11) is 3.08.